The second-order valence-electron chi connectivity index (χ2n) is 3.11. The van der Waals surface area contributed by atoms with Crippen molar-refractivity contribution in [2.45, 2.75) is 20.0 Å². The lowest BCUT2D eigenvalue weighted by Gasteiger charge is -2.00. The first-order valence-electron chi connectivity index (χ1n) is 4.47. The number of nitrogens with zero attached hydrogens (tertiary/aromatic N) is 1. The van der Waals surface area contributed by atoms with E-state index in [4.69, 9.17) is 4.42 Å². The van der Waals surface area contributed by atoms with Crippen LogP contribution in [-0.4, -0.2) is 4.98 Å². The van der Waals surface area contributed by atoms with Crippen molar-refractivity contribution >= 4 is 11.3 Å². The zero-order valence-electron chi connectivity index (χ0n) is 7.99. The predicted molar refractivity (Wildman–Crippen MR) is 56.1 cm³/mol. The van der Waals surface area contributed by atoms with Gasteiger partial charge in [-0.2, -0.15) is 0 Å². The molecule has 0 spiro atoms. The highest BCUT2D eigenvalue weighted by molar-refractivity contribution is 7.07. The van der Waals surface area contributed by atoms with Crippen molar-refractivity contribution in [1.82, 2.24) is 10.3 Å². The Kier molecular flexibility index (Phi) is 2.96. The summed E-state index contributed by atoms with van der Waals surface area (Å²) in [7, 11) is 0. The first kappa shape index (κ1) is 9.43. The van der Waals surface area contributed by atoms with Crippen molar-refractivity contribution in [2.24, 2.45) is 0 Å². The fourth-order valence-electron chi connectivity index (χ4n) is 1.21. The highest BCUT2D eigenvalue weighted by Crippen LogP contribution is 2.08. The molecular weight excluding hydrogens is 196 g/mol. The first-order valence-corrected chi connectivity index (χ1v) is 5.41. The van der Waals surface area contributed by atoms with Crippen molar-refractivity contribution in [1.29, 1.82) is 0 Å². The number of furan rings is 1. The maximum absolute atomic E-state index is 5.30. The molecule has 0 unspecified atom stereocenters. The molecule has 0 saturated heterocycles. The van der Waals surface area contributed by atoms with Gasteiger partial charge in [0.1, 0.15) is 5.76 Å². The van der Waals surface area contributed by atoms with Crippen LogP contribution in [-0.2, 0) is 13.1 Å². The van der Waals surface area contributed by atoms with E-state index in [2.05, 4.69) is 10.3 Å². The Labute approximate surface area is 86.8 Å². The molecule has 2 rings (SSSR count). The van der Waals surface area contributed by atoms with Crippen LogP contribution >= 0.6 is 11.3 Å². The molecule has 14 heavy (non-hydrogen) atoms. The topological polar surface area (TPSA) is 38.1 Å². The number of hydrogen-bond donors (Lipinski definition) is 1. The van der Waals surface area contributed by atoms with E-state index >= 15 is 0 Å². The van der Waals surface area contributed by atoms with E-state index in [1.54, 1.807) is 17.6 Å². The Morgan fingerprint density at radius 3 is 3.07 bits per heavy atom. The summed E-state index contributed by atoms with van der Waals surface area (Å²) in [5.74, 6) is 1.00. The normalized spacial score (nSPS) is 10.6. The Morgan fingerprint density at radius 1 is 1.50 bits per heavy atom. The molecule has 0 amide bonds. The van der Waals surface area contributed by atoms with Gasteiger partial charge < -0.3 is 9.73 Å². The van der Waals surface area contributed by atoms with Crippen LogP contribution in [0.1, 0.15) is 17.0 Å². The van der Waals surface area contributed by atoms with Gasteiger partial charge in [0, 0.05) is 11.9 Å². The Morgan fingerprint density at radius 2 is 2.43 bits per heavy atom. The van der Waals surface area contributed by atoms with Crippen molar-refractivity contribution in [3.05, 3.63) is 40.2 Å². The molecule has 1 N–H and O–H groups in total. The quantitative estimate of drug-likeness (QED) is 0.838. The van der Waals surface area contributed by atoms with E-state index in [0.29, 0.717) is 0 Å². The lowest BCUT2D eigenvalue weighted by molar-refractivity contribution is 0.479. The van der Waals surface area contributed by atoms with E-state index in [1.165, 1.54) is 5.56 Å². The molecule has 4 heteroatoms. The third-order valence-corrected chi connectivity index (χ3v) is 2.68. The maximum atomic E-state index is 5.30. The van der Waals surface area contributed by atoms with Gasteiger partial charge in [-0.1, -0.05) is 0 Å². The third-order valence-electron chi connectivity index (χ3n) is 2.04. The number of hydrogen-bond acceptors (Lipinski definition) is 4. The SMILES string of the molecule is Cc1ccoc1CNCc1cscn1. The van der Waals surface area contributed by atoms with Crippen LogP contribution in [0.3, 0.4) is 0 Å². The van der Waals surface area contributed by atoms with Gasteiger partial charge in [0.15, 0.2) is 0 Å². The first-order chi connectivity index (χ1) is 6.86. The summed E-state index contributed by atoms with van der Waals surface area (Å²) in [6.07, 6.45) is 1.72. The highest BCUT2D eigenvalue weighted by atomic mass is 32.1. The van der Waals surface area contributed by atoms with Crippen LogP contribution in [0.15, 0.2) is 27.6 Å². The van der Waals surface area contributed by atoms with Crippen molar-refractivity contribution < 1.29 is 4.42 Å². The predicted octanol–water partition coefficient (Wildman–Crippen LogP) is 2.33. The monoisotopic (exact) mass is 208 g/mol. The van der Waals surface area contributed by atoms with Gasteiger partial charge in [0.05, 0.1) is 24.0 Å². The summed E-state index contributed by atoms with van der Waals surface area (Å²) in [6, 6.07) is 1.97. The lowest BCUT2D eigenvalue weighted by atomic mass is 10.3. The molecule has 0 aliphatic heterocycles. The molecule has 0 aliphatic carbocycles. The number of nitrogens with one attached hydrogen (secondary N) is 1. The molecule has 0 aliphatic rings. The minimum absolute atomic E-state index is 0.760. The minimum atomic E-state index is 0.760. The molecule has 0 aromatic carbocycles. The van der Waals surface area contributed by atoms with E-state index in [1.807, 2.05) is 23.9 Å². The summed E-state index contributed by atoms with van der Waals surface area (Å²) >= 11 is 1.62. The summed E-state index contributed by atoms with van der Waals surface area (Å²) < 4.78 is 5.30. The molecule has 3 nitrogen and oxygen atoms in total. The molecular formula is C10H12N2OS. The molecule has 0 radical (unpaired) electrons. The lowest BCUT2D eigenvalue weighted by Crippen LogP contribution is -2.12. The van der Waals surface area contributed by atoms with E-state index in [9.17, 15) is 0 Å². The van der Waals surface area contributed by atoms with Gasteiger partial charge in [-0.15, -0.1) is 11.3 Å². The molecule has 0 saturated carbocycles. The van der Waals surface area contributed by atoms with Crippen molar-refractivity contribution in [3.8, 4) is 0 Å². The van der Waals surface area contributed by atoms with Crippen molar-refractivity contribution in [2.75, 3.05) is 0 Å². The van der Waals surface area contributed by atoms with E-state index in [0.717, 1.165) is 24.5 Å². The number of rotatable bonds is 4. The fourth-order valence-corrected chi connectivity index (χ4v) is 1.77. The minimum Gasteiger partial charge on any atom is -0.468 e. The van der Waals surface area contributed by atoms with Crippen LogP contribution in [0.25, 0.3) is 0 Å². The highest BCUT2D eigenvalue weighted by Gasteiger charge is 2.01. The second kappa shape index (κ2) is 4.39. The second-order valence-corrected chi connectivity index (χ2v) is 3.83. The van der Waals surface area contributed by atoms with Gasteiger partial charge >= 0.3 is 0 Å². The maximum Gasteiger partial charge on any atom is 0.120 e. The summed E-state index contributed by atoms with van der Waals surface area (Å²) in [5.41, 5.74) is 4.12. The van der Waals surface area contributed by atoms with Crippen molar-refractivity contribution in [3.63, 3.8) is 0 Å². The molecule has 74 valence electrons. The number of thiazole rings is 1. The Balaban J connectivity index is 1.81. The third kappa shape index (κ3) is 2.21. The standard InChI is InChI=1S/C10H12N2OS/c1-8-2-3-13-10(8)5-11-4-9-6-14-7-12-9/h2-3,6-7,11H,4-5H2,1H3. The largest absolute Gasteiger partial charge is 0.468 e. The molecule has 2 aromatic rings. The van der Waals surface area contributed by atoms with Crippen LogP contribution < -0.4 is 5.32 Å². The summed E-state index contributed by atoms with van der Waals surface area (Å²) in [4.78, 5) is 4.18. The zero-order valence-corrected chi connectivity index (χ0v) is 8.80. The average Bonchev–Trinajstić information content (AvgIpc) is 2.78. The molecule has 0 atom stereocenters. The average molecular weight is 208 g/mol. The fraction of sp³-hybridized carbons (Fsp3) is 0.300. The smallest absolute Gasteiger partial charge is 0.120 e. The zero-order chi connectivity index (χ0) is 9.80. The number of aromatic nitrogens is 1. The summed E-state index contributed by atoms with van der Waals surface area (Å²) in [5, 5.41) is 5.33. The van der Waals surface area contributed by atoms with Gasteiger partial charge in [-0.05, 0) is 18.6 Å². The van der Waals surface area contributed by atoms with Crippen LogP contribution in [0.5, 0.6) is 0 Å². The van der Waals surface area contributed by atoms with Gasteiger partial charge in [-0.25, -0.2) is 4.98 Å². The van der Waals surface area contributed by atoms with Gasteiger partial charge in [-0.3, -0.25) is 0 Å². The summed E-state index contributed by atoms with van der Waals surface area (Å²) in [6.45, 7) is 3.60. The molecule has 0 fully saturated rings. The van der Waals surface area contributed by atoms with Crippen LogP contribution in [0.2, 0.25) is 0 Å². The van der Waals surface area contributed by atoms with Gasteiger partial charge in [0.2, 0.25) is 0 Å². The van der Waals surface area contributed by atoms with Crippen LogP contribution in [0, 0.1) is 6.92 Å². The van der Waals surface area contributed by atoms with E-state index in [-0.39, 0.29) is 0 Å². The molecule has 2 aromatic heterocycles. The number of aryl methyl sites for hydroxylation is 1. The van der Waals surface area contributed by atoms with E-state index < -0.39 is 0 Å². The Bertz CT molecular complexity index is 380. The van der Waals surface area contributed by atoms with Gasteiger partial charge in [0.25, 0.3) is 0 Å². The molecule has 0 bridgehead atoms. The molecule has 2 heterocycles. The van der Waals surface area contributed by atoms with Crippen LogP contribution in [0.4, 0.5) is 0 Å². The Hall–Kier alpha value is -1.13.